The second-order valence-corrected chi connectivity index (χ2v) is 5.86. The van der Waals surface area contributed by atoms with E-state index in [0.29, 0.717) is 5.92 Å². The van der Waals surface area contributed by atoms with Gasteiger partial charge in [0, 0.05) is 40.7 Å². The Hall–Kier alpha value is -1.62. The van der Waals surface area contributed by atoms with Gasteiger partial charge in [0.1, 0.15) is 5.82 Å². The molecule has 0 aliphatic heterocycles. The zero-order valence-electron chi connectivity index (χ0n) is 9.97. The Kier molecular flexibility index (Phi) is 3.15. The summed E-state index contributed by atoms with van der Waals surface area (Å²) >= 11 is 1.89. The summed E-state index contributed by atoms with van der Waals surface area (Å²) in [6.45, 7) is 0. The van der Waals surface area contributed by atoms with Gasteiger partial charge in [0.05, 0.1) is 0 Å². The van der Waals surface area contributed by atoms with Gasteiger partial charge in [-0.3, -0.25) is 0 Å². The van der Waals surface area contributed by atoms with Gasteiger partial charge in [0.15, 0.2) is 0 Å². The lowest BCUT2D eigenvalue weighted by molar-refractivity contribution is 0.317. The lowest BCUT2D eigenvalue weighted by atomic mass is 9.89. The normalized spacial score (nSPS) is 19.2. The van der Waals surface area contributed by atoms with Crippen LogP contribution in [0.25, 0.3) is 0 Å². The largest absolute Gasteiger partial charge is 0.411 e. The van der Waals surface area contributed by atoms with E-state index in [4.69, 9.17) is 5.21 Å². The molecule has 0 bridgehead atoms. The van der Waals surface area contributed by atoms with Crippen LogP contribution >= 0.6 is 11.3 Å². The molecule has 4 nitrogen and oxygen atoms in total. The zero-order chi connectivity index (χ0) is 12.4. The maximum absolute atomic E-state index is 8.60. The van der Waals surface area contributed by atoms with Gasteiger partial charge in [0.2, 0.25) is 0 Å². The Bertz CT molecular complexity index is 545. The van der Waals surface area contributed by atoms with Gasteiger partial charge in [-0.1, -0.05) is 0 Å². The number of rotatable bonds is 3. The molecule has 0 saturated carbocycles. The van der Waals surface area contributed by atoms with Crippen LogP contribution in [0.5, 0.6) is 0 Å². The monoisotopic (exact) mass is 261 g/mol. The number of thiophene rings is 1. The lowest BCUT2D eigenvalue weighted by Gasteiger charge is -2.17. The summed E-state index contributed by atoms with van der Waals surface area (Å²) in [5.41, 5.74) is 1.41. The van der Waals surface area contributed by atoms with Gasteiger partial charge in [-0.15, -0.1) is 16.5 Å². The van der Waals surface area contributed by atoms with E-state index in [0.717, 1.165) is 31.5 Å². The van der Waals surface area contributed by atoms with Gasteiger partial charge in [0.25, 0.3) is 0 Å². The second-order valence-electron chi connectivity index (χ2n) is 4.64. The van der Waals surface area contributed by atoms with Crippen LogP contribution < -0.4 is 0 Å². The van der Waals surface area contributed by atoms with Crippen molar-refractivity contribution in [3.05, 3.63) is 39.6 Å². The molecule has 3 rings (SSSR count). The molecule has 0 fully saturated rings. The van der Waals surface area contributed by atoms with Crippen LogP contribution in [0.15, 0.2) is 23.6 Å². The quantitative estimate of drug-likeness (QED) is 0.507. The van der Waals surface area contributed by atoms with Crippen molar-refractivity contribution in [2.45, 2.75) is 25.7 Å². The minimum absolute atomic E-state index is 0.383. The summed E-state index contributed by atoms with van der Waals surface area (Å²) in [5.74, 6) is 1.40. The first-order chi connectivity index (χ1) is 8.85. The number of aromatic amines is 1. The molecule has 2 N–H and O–H groups in total. The second kappa shape index (κ2) is 4.94. The van der Waals surface area contributed by atoms with Crippen LogP contribution in [0.3, 0.4) is 0 Å². The molecule has 0 radical (unpaired) electrons. The van der Waals surface area contributed by atoms with Crippen LogP contribution in [-0.4, -0.2) is 21.4 Å². The fourth-order valence-corrected chi connectivity index (χ4v) is 3.70. The summed E-state index contributed by atoms with van der Waals surface area (Å²) in [5, 5.41) is 11.8. The predicted molar refractivity (Wildman–Crippen MR) is 71.5 cm³/mol. The van der Waals surface area contributed by atoms with Gasteiger partial charge in [-0.05, 0) is 30.9 Å². The van der Waals surface area contributed by atoms with E-state index < -0.39 is 0 Å². The maximum atomic E-state index is 8.60. The molecule has 0 aromatic carbocycles. The third kappa shape index (κ3) is 2.31. The molecule has 1 atom stereocenters. The molecule has 0 saturated heterocycles. The van der Waals surface area contributed by atoms with E-state index in [1.165, 1.54) is 15.3 Å². The smallest absolute Gasteiger partial charge is 0.111 e. The number of H-pyrrole nitrogens is 1. The van der Waals surface area contributed by atoms with Gasteiger partial charge < -0.3 is 10.2 Å². The lowest BCUT2D eigenvalue weighted by Crippen LogP contribution is -2.13. The van der Waals surface area contributed by atoms with E-state index in [1.807, 2.05) is 17.5 Å². The van der Waals surface area contributed by atoms with Crippen molar-refractivity contribution in [2.75, 3.05) is 0 Å². The van der Waals surface area contributed by atoms with Crippen LogP contribution in [-0.2, 0) is 19.3 Å². The third-order valence-corrected chi connectivity index (χ3v) is 4.58. The highest BCUT2D eigenvalue weighted by atomic mass is 32.1. The molecule has 2 aromatic heterocycles. The highest BCUT2D eigenvalue weighted by molar-refractivity contribution is 7.12. The highest BCUT2D eigenvalue weighted by Gasteiger charge is 2.20. The molecule has 1 aliphatic rings. The number of nitrogens with one attached hydrogen (secondary N) is 1. The first kappa shape index (κ1) is 11.5. The van der Waals surface area contributed by atoms with Crippen molar-refractivity contribution in [1.82, 2.24) is 9.97 Å². The van der Waals surface area contributed by atoms with E-state index in [-0.39, 0.29) is 0 Å². The average Bonchev–Trinajstić information content (AvgIpc) is 2.98. The molecule has 1 unspecified atom stereocenters. The first-order valence-corrected chi connectivity index (χ1v) is 6.93. The zero-order valence-corrected chi connectivity index (χ0v) is 10.8. The summed E-state index contributed by atoms with van der Waals surface area (Å²) in [7, 11) is 0. The van der Waals surface area contributed by atoms with Crippen molar-refractivity contribution >= 4 is 17.6 Å². The van der Waals surface area contributed by atoms with Crippen molar-refractivity contribution in [3.63, 3.8) is 0 Å². The minimum atomic E-state index is 0.383. The van der Waals surface area contributed by atoms with Crippen molar-refractivity contribution in [1.29, 1.82) is 0 Å². The van der Waals surface area contributed by atoms with Crippen LogP contribution in [0.4, 0.5) is 0 Å². The SMILES string of the molecule is ON=CC1CCc2sc(Cc3ncc[nH]3)cc2C1. The Morgan fingerprint density at radius 1 is 1.61 bits per heavy atom. The molecule has 2 aromatic rings. The Labute approximate surface area is 109 Å². The number of aromatic nitrogens is 2. The molecule has 18 heavy (non-hydrogen) atoms. The molecular weight excluding hydrogens is 246 g/mol. The summed E-state index contributed by atoms with van der Waals surface area (Å²) < 4.78 is 0. The maximum Gasteiger partial charge on any atom is 0.111 e. The molecule has 2 heterocycles. The van der Waals surface area contributed by atoms with E-state index in [9.17, 15) is 0 Å². The number of fused-ring (bicyclic) bond motifs is 1. The summed E-state index contributed by atoms with van der Waals surface area (Å²) in [4.78, 5) is 10.2. The average molecular weight is 261 g/mol. The minimum Gasteiger partial charge on any atom is -0.411 e. The van der Waals surface area contributed by atoms with E-state index >= 15 is 0 Å². The standard InChI is InChI=1S/C13H15N3OS/c17-16-8-9-1-2-12-10(5-9)6-11(18-12)7-13-14-3-4-15-13/h3-4,6,8-9,17H,1-2,5,7H2,(H,14,15). The Morgan fingerprint density at radius 2 is 2.56 bits per heavy atom. The highest BCUT2D eigenvalue weighted by Crippen LogP contribution is 2.32. The van der Waals surface area contributed by atoms with Gasteiger partial charge in [-0.2, -0.15) is 0 Å². The van der Waals surface area contributed by atoms with Gasteiger partial charge >= 0.3 is 0 Å². The first-order valence-electron chi connectivity index (χ1n) is 6.11. The van der Waals surface area contributed by atoms with Gasteiger partial charge in [-0.25, -0.2) is 4.98 Å². The van der Waals surface area contributed by atoms with Crippen molar-refractivity contribution in [3.8, 4) is 0 Å². The van der Waals surface area contributed by atoms with Crippen molar-refractivity contribution < 1.29 is 5.21 Å². The molecular formula is C13H15N3OS. The third-order valence-electron chi connectivity index (χ3n) is 3.35. The van der Waals surface area contributed by atoms with Crippen LogP contribution in [0.2, 0.25) is 0 Å². The number of oxime groups is 1. The fraction of sp³-hybridized carbons (Fsp3) is 0.385. The van der Waals surface area contributed by atoms with E-state index in [2.05, 4.69) is 21.2 Å². The molecule has 0 amide bonds. The number of hydrogen-bond donors (Lipinski definition) is 2. The summed E-state index contributed by atoms with van der Waals surface area (Å²) in [6.07, 6.45) is 9.35. The molecule has 5 heteroatoms. The van der Waals surface area contributed by atoms with Crippen LogP contribution in [0.1, 0.15) is 27.6 Å². The predicted octanol–water partition coefficient (Wildman–Crippen LogP) is 2.63. The Morgan fingerprint density at radius 3 is 3.33 bits per heavy atom. The van der Waals surface area contributed by atoms with E-state index in [1.54, 1.807) is 12.4 Å². The fourth-order valence-electron chi connectivity index (χ4n) is 2.48. The molecule has 0 spiro atoms. The Balaban J connectivity index is 1.76. The van der Waals surface area contributed by atoms with Crippen LogP contribution in [0, 0.1) is 5.92 Å². The molecule has 1 aliphatic carbocycles. The number of hydrogen-bond acceptors (Lipinski definition) is 4. The number of aryl methyl sites for hydroxylation is 1. The summed E-state index contributed by atoms with van der Waals surface area (Å²) in [6, 6.07) is 2.28. The molecule has 94 valence electrons. The topological polar surface area (TPSA) is 61.3 Å². The number of nitrogens with zero attached hydrogens (tertiary/aromatic N) is 2. The van der Waals surface area contributed by atoms with Crippen molar-refractivity contribution in [2.24, 2.45) is 11.1 Å². The number of imidazole rings is 1.